The quantitative estimate of drug-likeness (QED) is 0.794. The molecule has 0 aliphatic rings. The zero-order valence-electron chi connectivity index (χ0n) is 12.1. The Labute approximate surface area is 132 Å². The maximum absolute atomic E-state index is 13.7. The summed E-state index contributed by atoms with van der Waals surface area (Å²) >= 11 is 0. The zero-order chi connectivity index (χ0) is 14.8. The maximum Gasteiger partial charge on any atom is 0.260 e. The lowest BCUT2D eigenvalue weighted by Gasteiger charge is -2.04. The normalized spacial score (nSPS) is 12.1. The van der Waals surface area contributed by atoms with Crippen LogP contribution in [0.1, 0.15) is 12.7 Å². The highest BCUT2D eigenvalue weighted by Crippen LogP contribution is 2.26. The van der Waals surface area contributed by atoms with Crippen LogP contribution in [0.5, 0.6) is 0 Å². The van der Waals surface area contributed by atoms with E-state index >= 15 is 0 Å². The minimum absolute atomic E-state index is 0. The molecule has 6 nitrogen and oxygen atoms in total. The van der Waals surface area contributed by atoms with Crippen LogP contribution in [0.2, 0.25) is 0 Å². The van der Waals surface area contributed by atoms with Crippen molar-refractivity contribution >= 4 is 23.4 Å². The van der Waals surface area contributed by atoms with Gasteiger partial charge in [-0.05, 0) is 20.0 Å². The molecular weight excluding hydrogens is 309 g/mol. The largest absolute Gasteiger partial charge is 0.334 e. The summed E-state index contributed by atoms with van der Waals surface area (Å²) < 4.78 is 18.9. The minimum Gasteiger partial charge on any atom is -0.334 e. The second-order valence-corrected chi connectivity index (χ2v) is 4.79. The molecule has 8 heteroatoms. The number of benzene rings is 1. The van der Waals surface area contributed by atoms with Crippen LogP contribution in [0.25, 0.3) is 22.5 Å². The highest BCUT2D eigenvalue weighted by Gasteiger charge is 2.16. The fourth-order valence-corrected chi connectivity index (χ4v) is 2.03. The summed E-state index contributed by atoms with van der Waals surface area (Å²) in [4.78, 5) is 12.6. The van der Waals surface area contributed by atoms with Gasteiger partial charge in [0.05, 0.1) is 11.1 Å². The first-order chi connectivity index (χ1) is 10.2. The van der Waals surface area contributed by atoms with E-state index in [1.807, 2.05) is 14.0 Å². The Hall–Kier alpha value is -2.12. The molecular formula is C14H15ClFN5O. The summed E-state index contributed by atoms with van der Waals surface area (Å²) in [6.07, 6.45) is 3.68. The van der Waals surface area contributed by atoms with Crippen LogP contribution < -0.4 is 5.32 Å². The molecule has 0 radical (unpaired) electrons. The Kier molecular flexibility index (Phi) is 4.99. The molecule has 116 valence electrons. The lowest BCUT2D eigenvalue weighted by atomic mass is 10.1. The first kappa shape index (κ1) is 16.3. The number of hydrogen-bond donors (Lipinski definition) is 1. The number of rotatable bonds is 4. The van der Waals surface area contributed by atoms with Gasteiger partial charge in [0.25, 0.3) is 5.89 Å². The fraction of sp³-hybridized carbons (Fsp3) is 0.286. The predicted molar refractivity (Wildman–Crippen MR) is 82.3 cm³/mol. The maximum atomic E-state index is 13.7. The monoisotopic (exact) mass is 323 g/mol. The molecule has 0 fully saturated rings. The van der Waals surface area contributed by atoms with Gasteiger partial charge < -0.3 is 9.84 Å². The Bertz CT molecular complexity index is 779. The number of hydrogen-bond acceptors (Lipinski definition) is 6. The van der Waals surface area contributed by atoms with Crippen molar-refractivity contribution < 1.29 is 8.91 Å². The van der Waals surface area contributed by atoms with Crippen LogP contribution in [-0.4, -0.2) is 33.2 Å². The molecule has 2 heterocycles. The molecule has 22 heavy (non-hydrogen) atoms. The molecule has 0 spiro atoms. The van der Waals surface area contributed by atoms with Crippen molar-refractivity contribution in [2.75, 3.05) is 7.05 Å². The highest BCUT2D eigenvalue weighted by molar-refractivity contribution is 5.88. The number of halogens is 2. The van der Waals surface area contributed by atoms with E-state index in [1.165, 1.54) is 18.3 Å². The standard InChI is InChI=1S/C14H14FN5O.ClH/c1-8(16-2)5-12-19-14(21-20-12)10-6-9(15)7-11-13(10)18-4-3-17-11;/h3-4,6-8,16H,5H2,1-2H3;1H. The first-order valence-electron chi connectivity index (χ1n) is 6.58. The Morgan fingerprint density at radius 1 is 1.27 bits per heavy atom. The van der Waals surface area contributed by atoms with Crippen LogP contribution in [0.15, 0.2) is 29.0 Å². The lowest BCUT2D eigenvalue weighted by molar-refractivity contribution is 0.418. The molecule has 3 rings (SSSR count). The van der Waals surface area contributed by atoms with Crippen molar-refractivity contribution in [2.45, 2.75) is 19.4 Å². The average molecular weight is 324 g/mol. The van der Waals surface area contributed by atoms with Crippen LogP contribution >= 0.6 is 12.4 Å². The van der Waals surface area contributed by atoms with Crippen molar-refractivity contribution in [2.24, 2.45) is 0 Å². The van der Waals surface area contributed by atoms with Crippen molar-refractivity contribution in [3.63, 3.8) is 0 Å². The van der Waals surface area contributed by atoms with E-state index in [-0.39, 0.29) is 24.3 Å². The van der Waals surface area contributed by atoms with Gasteiger partial charge in [-0.2, -0.15) is 4.98 Å². The van der Waals surface area contributed by atoms with Crippen LogP contribution in [0, 0.1) is 5.82 Å². The van der Waals surface area contributed by atoms with E-state index in [0.29, 0.717) is 28.8 Å². The van der Waals surface area contributed by atoms with Gasteiger partial charge in [-0.25, -0.2) is 4.39 Å². The third-order valence-electron chi connectivity index (χ3n) is 3.22. The Morgan fingerprint density at radius 2 is 2.05 bits per heavy atom. The van der Waals surface area contributed by atoms with Gasteiger partial charge >= 0.3 is 0 Å². The number of fused-ring (bicyclic) bond motifs is 1. The summed E-state index contributed by atoms with van der Waals surface area (Å²) in [5, 5.41) is 7.02. The van der Waals surface area contributed by atoms with Gasteiger partial charge in [0.15, 0.2) is 5.82 Å². The molecule has 0 saturated heterocycles. The number of nitrogens with one attached hydrogen (secondary N) is 1. The summed E-state index contributed by atoms with van der Waals surface area (Å²) in [6.45, 7) is 2.01. The van der Waals surface area contributed by atoms with Gasteiger partial charge in [-0.3, -0.25) is 9.97 Å². The molecule has 1 N–H and O–H groups in total. The van der Waals surface area contributed by atoms with Crippen LogP contribution in [0.4, 0.5) is 4.39 Å². The third-order valence-corrected chi connectivity index (χ3v) is 3.22. The highest BCUT2D eigenvalue weighted by atomic mass is 35.5. The summed E-state index contributed by atoms with van der Waals surface area (Å²) in [5.41, 5.74) is 1.44. The SMILES string of the molecule is CNC(C)Cc1noc(-c2cc(F)cc3nccnc23)n1.Cl. The molecule has 1 atom stereocenters. The minimum atomic E-state index is -0.415. The number of likely N-dealkylation sites (N-methyl/N-ethyl adjacent to an activating group) is 1. The zero-order valence-corrected chi connectivity index (χ0v) is 12.9. The molecule has 0 aliphatic carbocycles. The van der Waals surface area contributed by atoms with Crippen molar-refractivity contribution in [1.82, 2.24) is 25.4 Å². The fourth-order valence-electron chi connectivity index (χ4n) is 2.03. The molecule has 3 aromatic rings. The molecule has 0 aliphatic heterocycles. The van der Waals surface area contributed by atoms with E-state index < -0.39 is 5.82 Å². The van der Waals surface area contributed by atoms with Crippen molar-refractivity contribution in [3.05, 3.63) is 36.2 Å². The molecule has 1 unspecified atom stereocenters. The van der Waals surface area contributed by atoms with Gasteiger partial charge in [-0.15, -0.1) is 12.4 Å². The van der Waals surface area contributed by atoms with Gasteiger partial charge in [0.2, 0.25) is 0 Å². The van der Waals surface area contributed by atoms with Gasteiger partial charge in [0.1, 0.15) is 11.3 Å². The van der Waals surface area contributed by atoms with E-state index in [4.69, 9.17) is 4.52 Å². The molecule has 0 amide bonds. The predicted octanol–water partition coefficient (Wildman–Crippen LogP) is 2.39. The van der Waals surface area contributed by atoms with Crippen molar-refractivity contribution in [1.29, 1.82) is 0 Å². The lowest BCUT2D eigenvalue weighted by Crippen LogP contribution is -2.24. The smallest absolute Gasteiger partial charge is 0.260 e. The topological polar surface area (TPSA) is 76.7 Å². The number of nitrogens with zero attached hydrogens (tertiary/aromatic N) is 4. The molecule has 0 saturated carbocycles. The summed E-state index contributed by atoms with van der Waals surface area (Å²) in [6, 6.07) is 2.88. The van der Waals surface area contributed by atoms with Crippen LogP contribution in [-0.2, 0) is 6.42 Å². The summed E-state index contributed by atoms with van der Waals surface area (Å²) in [7, 11) is 1.86. The summed E-state index contributed by atoms with van der Waals surface area (Å²) in [5.74, 6) is 0.396. The first-order valence-corrected chi connectivity index (χ1v) is 6.58. The average Bonchev–Trinajstić information content (AvgIpc) is 2.94. The van der Waals surface area contributed by atoms with Gasteiger partial charge in [-0.1, -0.05) is 5.16 Å². The van der Waals surface area contributed by atoms with E-state index in [2.05, 4.69) is 25.4 Å². The Balaban J connectivity index is 0.00000176. The van der Waals surface area contributed by atoms with Crippen molar-refractivity contribution in [3.8, 4) is 11.5 Å². The van der Waals surface area contributed by atoms with Crippen LogP contribution in [0.3, 0.4) is 0 Å². The van der Waals surface area contributed by atoms with E-state index in [9.17, 15) is 4.39 Å². The van der Waals surface area contributed by atoms with E-state index in [0.717, 1.165) is 0 Å². The third kappa shape index (κ3) is 3.20. The van der Waals surface area contributed by atoms with E-state index in [1.54, 1.807) is 6.20 Å². The molecule has 2 aromatic heterocycles. The second kappa shape index (κ2) is 6.76. The van der Waals surface area contributed by atoms with Gasteiger partial charge in [0, 0.05) is 30.9 Å². The molecule has 0 bridgehead atoms. The second-order valence-electron chi connectivity index (χ2n) is 4.79. The Morgan fingerprint density at radius 3 is 2.82 bits per heavy atom. The number of aromatic nitrogens is 4. The molecule has 1 aromatic carbocycles.